The fourth-order valence-electron chi connectivity index (χ4n) is 3.48. The van der Waals surface area contributed by atoms with Crippen molar-refractivity contribution in [2.75, 3.05) is 17.2 Å². The van der Waals surface area contributed by atoms with E-state index in [2.05, 4.69) is 64.3 Å². The molecule has 0 aliphatic rings. The number of hydrogen-bond acceptors (Lipinski definition) is 3. The molecular weight excluding hydrogens is 424 g/mol. The predicted molar refractivity (Wildman–Crippen MR) is 139 cm³/mol. The molecule has 2 N–H and O–H groups in total. The standard InChI is InChI=1S/C29H34N2O3/c1-28(2,3)21-12-17-25(24(18-21)29(4,5)6)34-19-26(32)30-22-13-15-23(16-14-22)31-27(33)20-10-8-7-9-11-20/h7-18H,19H2,1-6H3,(H,30,32)(H,31,33). The molecule has 0 bridgehead atoms. The van der Waals surface area contributed by atoms with Crippen LogP contribution in [-0.2, 0) is 15.6 Å². The fourth-order valence-corrected chi connectivity index (χ4v) is 3.48. The van der Waals surface area contributed by atoms with Gasteiger partial charge in [-0.2, -0.15) is 0 Å². The van der Waals surface area contributed by atoms with Crippen LogP contribution in [0.5, 0.6) is 5.75 Å². The average molecular weight is 459 g/mol. The quantitative estimate of drug-likeness (QED) is 0.440. The summed E-state index contributed by atoms with van der Waals surface area (Å²) >= 11 is 0. The van der Waals surface area contributed by atoms with Crippen molar-refractivity contribution < 1.29 is 14.3 Å². The Bertz CT molecular complexity index is 1140. The third-order valence-electron chi connectivity index (χ3n) is 5.47. The molecule has 0 saturated carbocycles. The Morgan fingerprint density at radius 1 is 0.735 bits per heavy atom. The van der Waals surface area contributed by atoms with Gasteiger partial charge < -0.3 is 15.4 Å². The largest absolute Gasteiger partial charge is 0.483 e. The second-order valence-electron chi connectivity index (χ2n) is 10.4. The van der Waals surface area contributed by atoms with Crippen LogP contribution in [0.1, 0.15) is 63.0 Å². The first-order valence-electron chi connectivity index (χ1n) is 11.5. The van der Waals surface area contributed by atoms with Crippen LogP contribution in [0, 0.1) is 0 Å². The number of rotatable bonds is 6. The van der Waals surface area contributed by atoms with Gasteiger partial charge in [-0.1, -0.05) is 71.9 Å². The number of carbonyl (C=O) groups excluding carboxylic acids is 2. The molecule has 0 fully saturated rings. The molecule has 0 aliphatic carbocycles. The number of benzene rings is 3. The van der Waals surface area contributed by atoms with Crippen LogP contribution in [0.4, 0.5) is 11.4 Å². The number of nitrogens with one attached hydrogen (secondary N) is 2. The summed E-state index contributed by atoms with van der Waals surface area (Å²) in [5.41, 5.74) is 4.08. The molecule has 2 amide bonds. The number of carbonyl (C=O) groups is 2. The maximum absolute atomic E-state index is 12.5. The van der Waals surface area contributed by atoms with Crippen LogP contribution in [0.15, 0.2) is 72.8 Å². The normalized spacial score (nSPS) is 11.6. The Balaban J connectivity index is 1.60. The van der Waals surface area contributed by atoms with Crippen molar-refractivity contribution in [3.05, 3.63) is 89.5 Å². The van der Waals surface area contributed by atoms with E-state index in [1.54, 1.807) is 36.4 Å². The van der Waals surface area contributed by atoms with E-state index in [1.807, 2.05) is 24.3 Å². The van der Waals surface area contributed by atoms with Gasteiger partial charge in [0.05, 0.1) is 0 Å². The zero-order valence-electron chi connectivity index (χ0n) is 20.9. The highest BCUT2D eigenvalue weighted by Crippen LogP contribution is 2.35. The van der Waals surface area contributed by atoms with Gasteiger partial charge in [0, 0.05) is 16.9 Å². The first-order valence-corrected chi connectivity index (χ1v) is 11.5. The first kappa shape index (κ1) is 25.0. The highest BCUT2D eigenvalue weighted by Gasteiger charge is 2.23. The van der Waals surface area contributed by atoms with Gasteiger partial charge in [0.1, 0.15) is 5.75 Å². The van der Waals surface area contributed by atoms with E-state index in [0.29, 0.717) is 16.9 Å². The van der Waals surface area contributed by atoms with Crippen molar-refractivity contribution in [2.24, 2.45) is 0 Å². The summed E-state index contributed by atoms with van der Waals surface area (Å²) < 4.78 is 5.92. The molecule has 0 aliphatic heterocycles. The van der Waals surface area contributed by atoms with Crippen LogP contribution in [0.3, 0.4) is 0 Å². The van der Waals surface area contributed by atoms with Crippen LogP contribution >= 0.6 is 0 Å². The molecule has 0 unspecified atom stereocenters. The highest BCUT2D eigenvalue weighted by atomic mass is 16.5. The second-order valence-corrected chi connectivity index (χ2v) is 10.4. The molecule has 5 nitrogen and oxygen atoms in total. The van der Waals surface area contributed by atoms with Gasteiger partial charge in [-0.05, 0) is 64.4 Å². The topological polar surface area (TPSA) is 67.4 Å². The molecule has 3 rings (SSSR count). The molecule has 178 valence electrons. The SMILES string of the molecule is CC(C)(C)c1ccc(OCC(=O)Nc2ccc(NC(=O)c3ccccc3)cc2)c(C(C)(C)C)c1. The number of anilines is 2. The average Bonchev–Trinajstić information content (AvgIpc) is 2.78. The number of ether oxygens (including phenoxy) is 1. The molecule has 0 aromatic heterocycles. The van der Waals surface area contributed by atoms with Gasteiger partial charge in [-0.15, -0.1) is 0 Å². The summed E-state index contributed by atoms with van der Waals surface area (Å²) in [7, 11) is 0. The van der Waals surface area contributed by atoms with Gasteiger partial charge in [-0.25, -0.2) is 0 Å². The molecule has 0 spiro atoms. The highest BCUT2D eigenvalue weighted by molar-refractivity contribution is 6.04. The van der Waals surface area contributed by atoms with E-state index < -0.39 is 0 Å². The predicted octanol–water partition coefficient (Wildman–Crippen LogP) is 6.55. The molecule has 0 saturated heterocycles. The van der Waals surface area contributed by atoms with Gasteiger partial charge in [-0.3, -0.25) is 9.59 Å². The minimum atomic E-state index is -0.249. The van der Waals surface area contributed by atoms with Crippen LogP contribution < -0.4 is 15.4 Å². The summed E-state index contributed by atoms with van der Waals surface area (Å²) in [6, 6.07) is 22.2. The Morgan fingerprint density at radius 2 is 1.32 bits per heavy atom. The second kappa shape index (κ2) is 10.1. The molecule has 34 heavy (non-hydrogen) atoms. The molecule has 0 radical (unpaired) electrons. The monoisotopic (exact) mass is 458 g/mol. The van der Waals surface area contributed by atoms with Crippen LogP contribution in [0.25, 0.3) is 0 Å². The van der Waals surface area contributed by atoms with E-state index in [9.17, 15) is 9.59 Å². The Kier molecular flexibility index (Phi) is 7.45. The van der Waals surface area contributed by atoms with Gasteiger partial charge in [0.25, 0.3) is 11.8 Å². The van der Waals surface area contributed by atoms with E-state index in [4.69, 9.17) is 4.74 Å². The van der Waals surface area contributed by atoms with Crippen molar-refractivity contribution in [3.63, 3.8) is 0 Å². The lowest BCUT2D eigenvalue weighted by atomic mass is 9.80. The Hall–Kier alpha value is -3.60. The third-order valence-corrected chi connectivity index (χ3v) is 5.47. The molecule has 5 heteroatoms. The zero-order chi connectivity index (χ0) is 24.9. The first-order chi connectivity index (χ1) is 15.9. The third kappa shape index (κ3) is 6.70. The maximum atomic E-state index is 12.5. The molecular formula is C29H34N2O3. The minimum absolute atomic E-state index is 0.0304. The van der Waals surface area contributed by atoms with Crippen LogP contribution in [0.2, 0.25) is 0 Å². The van der Waals surface area contributed by atoms with Crippen molar-refractivity contribution in [3.8, 4) is 5.75 Å². The lowest BCUT2D eigenvalue weighted by molar-refractivity contribution is -0.118. The number of hydrogen-bond donors (Lipinski definition) is 2. The van der Waals surface area contributed by atoms with Gasteiger partial charge in [0.15, 0.2) is 6.61 Å². The molecule has 3 aromatic rings. The molecule has 3 aromatic carbocycles. The summed E-state index contributed by atoms with van der Waals surface area (Å²) in [5, 5.41) is 5.69. The Morgan fingerprint density at radius 3 is 1.88 bits per heavy atom. The van der Waals surface area contributed by atoms with Gasteiger partial charge >= 0.3 is 0 Å². The van der Waals surface area contributed by atoms with Crippen molar-refractivity contribution in [1.82, 2.24) is 0 Å². The summed E-state index contributed by atoms with van der Waals surface area (Å²) in [6.07, 6.45) is 0. The lowest BCUT2D eigenvalue weighted by Gasteiger charge is -2.27. The lowest BCUT2D eigenvalue weighted by Crippen LogP contribution is -2.22. The van der Waals surface area contributed by atoms with Gasteiger partial charge in [0.2, 0.25) is 0 Å². The van der Waals surface area contributed by atoms with Crippen molar-refractivity contribution in [1.29, 1.82) is 0 Å². The Labute approximate surface area is 202 Å². The maximum Gasteiger partial charge on any atom is 0.262 e. The smallest absolute Gasteiger partial charge is 0.262 e. The zero-order valence-corrected chi connectivity index (χ0v) is 20.9. The van der Waals surface area contributed by atoms with Crippen molar-refractivity contribution in [2.45, 2.75) is 52.4 Å². The fraction of sp³-hybridized carbons (Fsp3) is 0.310. The summed E-state index contributed by atoms with van der Waals surface area (Å²) in [5.74, 6) is 0.286. The molecule has 0 heterocycles. The minimum Gasteiger partial charge on any atom is -0.483 e. The van der Waals surface area contributed by atoms with Crippen molar-refractivity contribution >= 4 is 23.2 Å². The summed E-state index contributed by atoms with van der Waals surface area (Å²) in [6.45, 7) is 12.9. The van der Waals surface area contributed by atoms with Crippen LogP contribution in [-0.4, -0.2) is 18.4 Å². The number of amides is 2. The van der Waals surface area contributed by atoms with E-state index in [-0.39, 0.29) is 29.3 Å². The van der Waals surface area contributed by atoms with E-state index in [1.165, 1.54) is 5.56 Å². The van der Waals surface area contributed by atoms with E-state index in [0.717, 1.165) is 11.3 Å². The summed E-state index contributed by atoms with van der Waals surface area (Å²) in [4.78, 5) is 24.8. The molecule has 0 atom stereocenters. The van der Waals surface area contributed by atoms with E-state index >= 15 is 0 Å².